The van der Waals surface area contributed by atoms with Crippen molar-refractivity contribution in [3.8, 4) is 0 Å². The van der Waals surface area contributed by atoms with Gasteiger partial charge in [0.05, 0.1) is 11.3 Å². The number of nitrogens with one attached hydrogen (secondary N) is 3. The molecule has 0 radical (unpaired) electrons. The van der Waals surface area contributed by atoms with Crippen molar-refractivity contribution in [2.75, 3.05) is 16.0 Å². The summed E-state index contributed by atoms with van der Waals surface area (Å²) in [7, 11) is 0. The number of hydrogen-bond donors (Lipinski definition) is 3. The molecule has 130 valence electrons. The molecule has 1 fully saturated rings. The zero-order valence-electron chi connectivity index (χ0n) is 14.2. The summed E-state index contributed by atoms with van der Waals surface area (Å²) in [5.74, 6) is -0.343. The minimum Gasteiger partial charge on any atom is -0.381 e. The first kappa shape index (κ1) is 17.0. The first-order valence-electron chi connectivity index (χ1n) is 8.51. The predicted octanol–water partition coefficient (Wildman–Crippen LogP) is 3.65. The molecule has 0 aliphatic heterocycles. The van der Waals surface area contributed by atoms with E-state index < -0.39 is 0 Å². The van der Waals surface area contributed by atoms with Crippen LogP contribution in [0.5, 0.6) is 0 Å². The Morgan fingerprint density at radius 1 is 0.960 bits per heavy atom. The van der Waals surface area contributed by atoms with E-state index in [1.807, 2.05) is 6.07 Å². The fraction of sp³-hybridized carbons (Fsp3) is 0.316. The molecular formula is C19H22N4O2. The SMILES string of the molecule is CC(=O)Nc1ccc(NC(=O)c2cncc(NC3CCCC3)c2)cc1. The summed E-state index contributed by atoms with van der Waals surface area (Å²) in [4.78, 5) is 27.6. The molecule has 0 bridgehead atoms. The van der Waals surface area contributed by atoms with Crippen molar-refractivity contribution in [3.63, 3.8) is 0 Å². The van der Waals surface area contributed by atoms with Gasteiger partial charge in [-0.15, -0.1) is 0 Å². The maximum absolute atomic E-state index is 12.4. The highest BCUT2D eigenvalue weighted by molar-refractivity contribution is 6.04. The van der Waals surface area contributed by atoms with Crippen molar-refractivity contribution < 1.29 is 9.59 Å². The molecule has 1 heterocycles. The zero-order valence-corrected chi connectivity index (χ0v) is 14.2. The van der Waals surface area contributed by atoms with Crippen LogP contribution in [0.1, 0.15) is 43.0 Å². The molecule has 1 aromatic heterocycles. The van der Waals surface area contributed by atoms with Gasteiger partial charge in [-0.25, -0.2) is 0 Å². The average molecular weight is 338 g/mol. The minimum absolute atomic E-state index is 0.130. The largest absolute Gasteiger partial charge is 0.381 e. The lowest BCUT2D eigenvalue weighted by Crippen LogP contribution is -2.16. The standard InChI is InChI=1S/C19H22N4O2/c1-13(24)21-16-6-8-17(9-7-16)23-19(25)14-10-18(12-20-11-14)22-15-4-2-3-5-15/h6-12,15,22H,2-5H2,1H3,(H,21,24)(H,23,25). The molecule has 3 rings (SSSR count). The van der Waals surface area contributed by atoms with Gasteiger partial charge in [-0.1, -0.05) is 12.8 Å². The average Bonchev–Trinajstić information content (AvgIpc) is 3.09. The van der Waals surface area contributed by atoms with E-state index in [4.69, 9.17) is 0 Å². The topological polar surface area (TPSA) is 83.1 Å². The molecule has 1 aliphatic rings. The molecule has 0 unspecified atom stereocenters. The molecule has 6 nitrogen and oxygen atoms in total. The van der Waals surface area contributed by atoms with E-state index in [0.717, 1.165) is 18.5 Å². The summed E-state index contributed by atoms with van der Waals surface area (Å²) in [5, 5.41) is 8.97. The number of amides is 2. The zero-order chi connectivity index (χ0) is 17.6. The number of carbonyl (C=O) groups is 2. The van der Waals surface area contributed by atoms with Crippen molar-refractivity contribution in [2.24, 2.45) is 0 Å². The Balaban J connectivity index is 1.63. The summed E-state index contributed by atoms with van der Waals surface area (Å²) < 4.78 is 0. The fourth-order valence-corrected chi connectivity index (χ4v) is 2.99. The van der Waals surface area contributed by atoms with Gasteiger partial charge in [0.25, 0.3) is 5.91 Å². The Bertz CT molecular complexity index is 752. The van der Waals surface area contributed by atoms with E-state index in [2.05, 4.69) is 20.9 Å². The number of hydrogen-bond acceptors (Lipinski definition) is 4. The summed E-state index contributed by atoms with van der Waals surface area (Å²) in [6, 6.07) is 9.28. The van der Waals surface area contributed by atoms with Crippen LogP contribution in [-0.2, 0) is 4.79 Å². The van der Waals surface area contributed by atoms with Gasteiger partial charge in [-0.2, -0.15) is 0 Å². The van der Waals surface area contributed by atoms with Gasteiger partial charge in [0.15, 0.2) is 0 Å². The van der Waals surface area contributed by atoms with Crippen molar-refractivity contribution in [2.45, 2.75) is 38.6 Å². The lowest BCUT2D eigenvalue weighted by Gasteiger charge is -2.14. The van der Waals surface area contributed by atoms with Crippen molar-refractivity contribution >= 4 is 28.9 Å². The summed E-state index contributed by atoms with van der Waals surface area (Å²) in [6.45, 7) is 1.45. The number of aromatic nitrogens is 1. The molecule has 1 saturated carbocycles. The molecule has 1 aromatic carbocycles. The van der Waals surface area contributed by atoms with E-state index in [1.54, 1.807) is 36.7 Å². The summed E-state index contributed by atoms with van der Waals surface area (Å²) in [6.07, 6.45) is 8.13. The third-order valence-electron chi connectivity index (χ3n) is 4.19. The van der Waals surface area contributed by atoms with Crippen LogP contribution >= 0.6 is 0 Å². The van der Waals surface area contributed by atoms with Crippen molar-refractivity contribution in [1.82, 2.24) is 4.98 Å². The lowest BCUT2D eigenvalue weighted by molar-refractivity contribution is -0.114. The van der Waals surface area contributed by atoms with Crippen LogP contribution in [0.4, 0.5) is 17.1 Å². The minimum atomic E-state index is -0.213. The monoisotopic (exact) mass is 338 g/mol. The number of pyridine rings is 1. The second kappa shape index (κ2) is 7.79. The highest BCUT2D eigenvalue weighted by Gasteiger charge is 2.15. The summed E-state index contributed by atoms with van der Waals surface area (Å²) in [5.41, 5.74) is 2.73. The maximum atomic E-state index is 12.4. The first-order valence-corrected chi connectivity index (χ1v) is 8.51. The van der Waals surface area contributed by atoms with Gasteiger partial charge in [0.1, 0.15) is 0 Å². The fourth-order valence-electron chi connectivity index (χ4n) is 2.99. The highest BCUT2D eigenvalue weighted by atomic mass is 16.2. The second-order valence-electron chi connectivity index (χ2n) is 6.30. The highest BCUT2D eigenvalue weighted by Crippen LogP contribution is 2.22. The maximum Gasteiger partial charge on any atom is 0.257 e. The molecule has 6 heteroatoms. The Morgan fingerprint density at radius 3 is 2.24 bits per heavy atom. The predicted molar refractivity (Wildman–Crippen MR) is 98.8 cm³/mol. The third kappa shape index (κ3) is 4.79. The molecule has 0 spiro atoms. The van der Waals surface area contributed by atoms with Crippen LogP contribution in [0, 0.1) is 0 Å². The Hall–Kier alpha value is -2.89. The van der Waals surface area contributed by atoms with Crippen molar-refractivity contribution in [1.29, 1.82) is 0 Å². The van der Waals surface area contributed by atoms with Gasteiger partial charge in [0, 0.05) is 36.7 Å². The van der Waals surface area contributed by atoms with Crippen LogP contribution in [0.3, 0.4) is 0 Å². The number of carbonyl (C=O) groups excluding carboxylic acids is 2. The second-order valence-corrected chi connectivity index (χ2v) is 6.30. The molecule has 2 aromatic rings. The Labute approximate surface area is 147 Å². The molecule has 0 atom stereocenters. The lowest BCUT2D eigenvalue weighted by atomic mass is 10.2. The van der Waals surface area contributed by atoms with Gasteiger partial charge in [-0.05, 0) is 43.2 Å². The molecule has 1 aliphatic carbocycles. The first-order chi connectivity index (χ1) is 12.1. The number of benzene rings is 1. The van der Waals surface area contributed by atoms with E-state index in [9.17, 15) is 9.59 Å². The number of nitrogens with zero attached hydrogens (tertiary/aromatic N) is 1. The summed E-state index contributed by atoms with van der Waals surface area (Å²) >= 11 is 0. The smallest absolute Gasteiger partial charge is 0.257 e. The van der Waals surface area contributed by atoms with Crippen LogP contribution < -0.4 is 16.0 Å². The third-order valence-corrected chi connectivity index (χ3v) is 4.19. The van der Waals surface area contributed by atoms with E-state index in [-0.39, 0.29) is 11.8 Å². The van der Waals surface area contributed by atoms with E-state index >= 15 is 0 Å². The van der Waals surface area contributed by atoms with Crippen LogP contribution in [0.15, 0.2) is 42.7 Å². The van der Waals surface area contributed by atoms with Gasteiger partial charge < -0.3 is 16.0 Å². The Kier molecular flexibility index (Phi) is 5.28. The van der Waals surface area contributed by atoms with Crippen LogP contribution in [-0.4, -0.2) is 22.8 Å². The van der Waals surface area contributed by atoms with E-state index in [1.165, 1.54) is 19.8 Å². The van der Waals surface area contributed by atoms with Gasteiger partial charge in [0.2, 0.25) is 5.91 Å². The molecule has 3 N–H and O–H groups in total. The van der Waals surface area contributed by atoms with E-state index in [0.29, 0.717) is 23.0 Å². The van der Waals surface area contributed by atoms with Gasteiger partial charge >= 0.3 is 0 Å². The quantitative estimate of drug-likeness (QED) is 0.777. The van der Waals surface area contributed by atoms with Crippen molar-refractivity contribution in [3.05, 3.63) is 48.3 Å². The molecule has 2 amide bonds. The number of rotatable bonds is 5. The normalized spacial score (nSPS) is 14.1. The van der Waals surface area contributed by atoms with Crippen LogP contribution in [0.25, 0.3) is 0 Å². The van der Waals surface area contributed by atoms with Gasteiger partial charge in [-0.3, -0.25) is 14.6 Å². The molecule has 0 saturated heterocycles. The number of anilines is 3. The molecular weight excluding hydrogens is 316 g/mol. The molecule has 25 heavy (non-hydrogen) atoms. The van der Waals surface area contributed by atoms with Crippen LogP contribution in [0.2, 0.25) is 0 Å². The Morgan fingerprint density at radius 2 is 1.60 bits per heavy atom.